The Balaban J connectivity index is 1.70. The van der Waals surface area contributed by atoms with E-state index < -0.39 is 0 Å². The quantitative estimate of drug-likeness (QED) is 0.646. The standard InChI is InChI=1S/C19H24ClN5O2/c1-6-24-10-15(12(2)21-24)9-23(5)19(26)17-8-7-16(27-17)11-25-14(4)18(20)13(3)22-25/h7-8,10H,6,9,11H2,1-5H3. The van der Waals surface area contributed by atoms with Crippen LogP contribution in [0.4, 0.5) is 0 Å². The van der Waals surface area contributed by atoms with E-state index in [1.165, 1.54) is 0 Å². The van der Waals surface area contributed by atoms with Gasteiger partial charge in [-0.25, -0.2) is 0 Å². The second kappa shape index (κ2) is 7.60. The summed E-state index contributed by atoms with van der Waals surface area (Å²) >= 11 is 6.18. The van der Waals surface area contributed by atoms with Crippen LogP contribution in [0.5, 0.6) is 0 Å². The van der Waals surface area contributed by atoms with Crippen LogP contribution in [0.15, 0.2) is 22.7 Å². The molecule has 7 nitrogen and oxygen atoms in total. The fourth-order valence-corrected chi connectivity index (χ4v) is 3.08. The molecular formula is C19H24ClN5O2. The van der Waals surface area contributed by atoms with E-state index in [4.69, 9.17) is 16.0 Å². The zero-order valence-electron chi connectivity index (χ0n) is 16.3. The van der Waals surface area contributed by atoms with Gasteiger partial charge in [-0.2, -0.15) is 10.2 Å². The summed E-state index contributed by atoms with van der Waals surface area (Å²) < 4.78 is 9.40. The molecule has 0 spiro atoms. The van der Waals surface area contributed by atoms with Gasteiger partial charge in [-0.15, -0.1) is 0 Å². The predicted molar refractivity (Wildman–Crippen MR) is 103 cm³/mol. The lowest BCUT2D eigenvalue weighted by Crippen LogP contribution is -2.26. The SMILES string of the molecule is CCn1cc(CN(C)C(=O)c2ccc(Cn3nc(C)c(Cl)c3C)o2)c(C)n1. The van der Waals surface area contributed by atoms with Crippen LogP contribution in [0.2, 0.25) is 5.02 Å². The lowest BCUT2D eigenvalue weighted by molar-refractivity contribution is 0.0751. The van der Waals surface area contributed by atoms with Crippen LogP contribution in [-0.2, 0) is 19.6 Å². The van der Waals surface area contributed by atoms with Crippen LogP contribution in [0.3, 0.4) is 0 Å². The largest absolute Gasteiger partial charge is 0.454 e. The minimum Gasteiger partial charge on any atom is -0.454 e. The molecule has 144 valence electrons. The summed E-state index contributed by atoms with van der Waals surface area (Å²) in [6.45, 7) is 9.46. The number of halogens is 1. The van der Waals surface area contributed by atoms with Crippen molar-refractivity contribution < 1.29 is 9.21 Å². The summed E-state index contributed by atoms with van der Waals surface area (Å²) in [7, 11) is 1.76. The Labute approximate surface area is 163 Å². The van der Waals surface area contributed by atoms with Gasteiger partial charge in [-0.1, -0.05) is 11.6 Å². The van der Waals surface area contributed by atoms with Crippen molar-refractivity contribution in [1.29, 1.82) is 0 Å². The molecular weight excluding hydrogens is 366 g/mol. The third-order valence-corrected chi connectivity index (χ3v) is 5.14. The van der Waals surface area contributed by atoms with Crippen molar-refractivity contribution in [2.45, 2.75) is 47.3 Å². The first-order valence-corrected chi connectivity index (χ1v) is 9.24. The zero-order chi connectivity index (χ0) is 19.7. The Bertz CT molecular complexity index is 969. The maximum Gasteiger partial charge on any atom is 0.289 e. The van der Waals surface area contributed by atoms with Crippen molar-refractivity contribution in [3.8, 4) is 0 Å². The second-order valence-corrected chi connectivity index (χ2v) is 7.04. The first-order chi connectivity index (χ1) is 12.8. The van der Waals surface area contributed by atoms with Gasteiger partial charge in [0.05, 0.1) is 28.6 Å². The van der Waals surface area contributed by atoms with Gasteiger partial charge in [0, 0.05) is 31.9 Å². The molecule has 3 aromatic heterocycles. The molecule has 0 aromatic carbocycles. The van der Waals surface area contributed by atoms with Crippen LogP contribution in [0, 0.1) is 20.8 Å². The number of hydrogen-bond donors (Lipinski definition) is 0. The number of aryl methyl sites for hydroxylation is 3. The van der Waals surface area contributed by atoms with E-state index in [1.807, 2.05) is 38.6 Å². The van der Waals surface area contributed by atoms with Crippen LogP contribution < -0.4 is 0 Å². The number of nitrogens with zero attached hydrogens (tertiary/aromatic N) is 5. The Kier molecular flexibility index (Phi) is 5.41. The highest BCUT2D eigenvalue weighted by molar-refractivity contribution is 6.31. The molecule has 0 radical (unpaired) electrons. The predicted octanol–water partition coefficient (Wildman–Crippen LogP) is 3.59. The molecule has 27 heavy (non-hydrogen) atoms. The van der Waals surface area contributed by atoms with Gasteiger partial charge in [-0.3, -0.25) is 14.2 Å². The van der Waals surface area contributed by atoms with Crippen LogP contribution >= 0.6 is 11.6 Å². The summed E-state index contributed by atoms with van der Waals surface area (Å²) in [6.07, 6.45) is 1.97. The second-order valence-electron chi connectivity index (χ2n) is 6.67. The fraction of sp³-hybridized carbons (Fsp3) is 0.421. The number of carbonyl (C=O) groups excluding carboxylic acids is 1. The summed E-state index contributed by atoms with van der Waals surface area (Å²) in [5, 5.41) is 9.46. The molecule has 0 bridgehead atoms. The molecule has 0 aliphatic heterocycles. The van der Waals surface area contributed by atoms with Crippen LogP contribution in [0.1, 0.15) is 45.9 Å². The van der Waals surface area contributed by atoms with Gasteiger partial charge in [0.25, 0.3) is 5.91 Å². The van der Waals surface area contributed by atoms with Gasteiger partial charge in [0.15, 0.2) is 5.76 Å². The third kappa shape index (κ3) is 3.93. The van der Waals surface area contributed by atoms with Crippen LogP contribution in [0.25, 0.3) is 0 Å². The fourth-order valence-electron chi connectivity index (χ4n) is 2.95. The number of carbonyl (C=O) groups is 1. The van der Waals surface area contributed by atoms with Crippen LogP contribution in [-0.4, -0.2) is 37.4 Å². The molecule has 8 heteroatoms. The van der Waals surface area contributed by atoms with E-state index in [0.717, 1.165) is 29.2 Å². The highest BCUT2D eigenvalue weighted by Crippen LogP contribution is 2.21. The molecule has 0 aliphatic carbocycles. The Morgan fingerprint density at radius 3 is 2.56 bits per heavy atom. The Morgan fingerprint density at radius 1 is 1.22 bits per heavy atom. The zero-order valence-corrected chi connectivity index (χ0v) is 17.0. The van der Waals surface area contributed by atoms with E-state index in [9.17, 15) is 4.79 Å². The first kappa shape index (κ1) is 19.2. The van der Waals surface area contributed by atoms with Crippen molar-refractivity contribution >= 4 is 17.5 Å². The monoisotopic (exact) mass is 389 g/mol. The minimum absolute atomic E-state index is 0.170. The van der Waals surface area contributed by atoms with Crippen molar-refractivity contribution in [2.75, 3.05) is 7.05 Å². The summed E-state index contributed by atoms with van der Waals surface area (Å²) in [5.74, 6) is 0.793. The van der Waals surface area contributed by atoms with Gasteiger partial charge >= 0.3 is 0 Å². The van der Waals surface area contributed by atoms with Gasteiger partial charge in [0.2, 0.25) is 0 Å². The summed E-state index contributed by atoms with van der Waals surface area (Å²) in [6, 6.07) is 3.50. The molecule has 0 aliphatic rings. The van der Waals surface area contributed by atoms with E-state index in [2.05, 4.69) is 10.2 Å². The highest BCUT2D eigenvalue weighted by Gasteiger charge is 2.19. The number of aromatic nitrogens is 4. The number of amides is 1. The number of hydrogen-bond acceptors (Lipinski definition) is 4. The van der Waals surface area contributed by atoms with Crippen molar-refractivity contribution in [2.24, 2.45) is 0 Å². The van der Waals surface area contributed by atoms with Gasteiger partial charge in [-0.05, 0) is 39.8 Å². The van der Waals surface area contributed by atoms with E-state index >= 15 is 0 Å². The van der Waals surface area contributed by atoms with E-state index in [1.54, 1.807) is 28.8 Å². The van der Waals surface area contributed by atoms with Crippen molar-refractivity contribution in [1.82, 2.24) is 24.5 Å². The maximum absolute atomic E-state index is 12.7. The molecule has 3 heterocycles. The lowest BCUT2D eigenvalue weighted by Gasteiger charge is -2.15. The van der Waals surface area contributed by atoms with Gasteiger partial charge < -0.3 is 9.32 Å². The molecule has 0 N–H and O–H groups in total. The normalized spacial score (nSPS) is 11.2. The number of rotatable bonds is 6. The molecule has 0 saturated carbocycles. The minimum atomic E-state index is -0.170. The number of furan rings is 1. The molecule has 0 atom stereocenters. The van der Waals surface area contributed by atoms with Crippen molar-refractivity contribution in [3.05, 3.63) is 57.5 Å². The third-order valence-electron chi connectivity index (χ3n) is 4.60. The topological polar surface area (TPSA) is 69.1 Å². The average Bonchev–Trinajstić information content (AvgIpc) is 3.31. The molecule has 0 unspecified atom stereocenters. The smallest absolute Gasteiger partial charge is 0.289 e. The molecule has 0 saturated heterocycles. The van der Waals surface area contributed by atoms with E-state index in [-0.39, 0.29) is 5.91 Å². The average molecular weight is 390 g/mol. The lowest BCUT2D eigenvalue weighted by atomic mass is 10.2. The molecule has 3 rings (SSSR count). The highest BCUT2D eigenvalue weighted by atomic mass is 35.5. The van der Waals surface area contributed by atoms with Gasteiger partial charge in [0.1, 0.15) is 5.76 Å². The first-order valence-electron chi connectivity index (χ1n) is 8.86. The summed E-state index contributed by atoms with van der Waals surface area (Å²) in [4.78, 5) is 14.3. The molecule has 1 amide bonds. The maximum atomic E-state index is 12.7. The van der Waals surface area contributed by atoms with E-state index in [0.29, 0.717) is 29.6 Å². The molecule has 0 fully saturated rings. The Morgan fingerprint density at radius 2 is 1.96 bits per heavy atom. The summed E-state index contributed by atoms with van der Waals surface area (Å²) in [5.41, 5.74) is 3.61. The molecule has 3 aromatic rings. The Hall–Kier alpha value is -2.54. The van der Waals surface area contributed by atoms with Crippen molar-refractivity contribution in [3.63, 3.8) is 0 Å².